The van der Waals surface area contributed by atoms with Crippen LogP contribution in [0.2, 0.25) is 5.02 Å². The summed E-state index contributed by atoms with van der Waals surface area (Å²) in [6.07, 6.45) is 0. The zero-order valence-corrected chi connectivity index (χ0v) is 16.2. The third kappa shape index (κ3) is 4.84. The molecule has 8 heteroatoms. The number of hydrogen-bond donors (Lipinski definition) is 1. The SMILES string of the molecule is CCOc1cc(-c2nc(C)c(C(=O)O)s2)cc(Cl)c1OCCN(C)C. The first-order chi connectivity index (χ1) is 11.8. The van der Waals surface area contributed by atoms with E-state index >= 15 is 0 Å². The standard InChI is InChI=1S/C17H21ClN2O4S/c1-5-23-13-9-11(16-19-10(2)15(25-16)17(21)22)8-12(18)14(13)24-7-6-20(3)4/h8-9H,5-7H2,1-4H3,(H,21,22). The number of carbonyl (C=O) groups is 1. The zero-order valence-electron chi connectivity index (χ0n) is 14.6. The molecule has 0 aliphatic carbocycles. The third-order valence-corrected chi connectivity index (χ3v) is 4.81. The molecule has 0 unspecified atom stereocenters. The van der Waals surface area contributed by atoms with E-state index in [1.54, 1.807) is 19.1 Å². The largest absolute Gasteiger partial charge is 0.490 e. The van der Waals surface area contributed by atoms with E-state index < -0.39 is 5.97 Å². The Morgan fingerprint density at radius 2 is 2.08 bits per heavy atom. The molecule has 0 aliphatic heterocycles. The van der Waals surface area contributed by atoms with Crippen molar-refractivity contribution < 1.29 is 19.4 Å². The number of aromatic carboxylic acids is 1. The second kappa shape index (κ2) is 8.51. The maximum atomic E-state index is 11.2. The number of carboxylic acids is 1. The fourth-order valence-corrected chi connectivity index (χ4v) is 3.30. The van der Waals surface area contributed by atoms with Crippen LogP contribution >= 0.6 is 22.9 Å². The zero-order chi connectivity index (χ0) is 18.6. The van der Waals surface area contributed by atoms with E-state index in [9.17, 15) is 9.90 Å². The molecular weight excluding hydrogens is 364 g/mol. The molecule has 0 atom stereocenters. The predicted molar refractivity (Wildman–Crippen MR) is 99.5 cm³/mol. The van der Waals surface area contributed by atoms with E-state index in [4.69, 9.17) is 21.1 Å². The van der Waals surface area contributed by atoms with Gasteiger partial charge in [-0.05, 0) is 40.1 Å². The van der Waals surface area contributed by atoms with Gasteiger partial charge >= 0.3 is 5.97 Å². The van der Waals surface area contributed by atoms with E-state index in [2.05, 4.69) is 4.98 Å². The highest BCUT2D eigenvalue weighted by atomic mass is 35.5. The topological polar surface area (TPSA) is 71.9 Å². The van der Waals surface area contributed by atoms with Gasteiger partial charge in [-0.2, -0.15) is 0 Å². The molecule has 1 aromatic heterocycles. The Morgan fingerprint density at radius 1 is 1.36 bits per heavy atom. The Kier molecular flexibility index (Phi) is 6.64. The van der Waals surface area contributed by atoms with Crippen LogP contribution < -0.4 is 9.47 Å². The molecule has 0 spiro atoms. The first-order valence-corrected chi connectivity index (χ1v) is 8.97. The maximum absolute atomic E-state index is 11.2. The van der Waals surface area contributed by atoms with Gasteiger partial charge < -0.3 is 19.5 Å². The van der Waals surface area contributed by atoms with E-state index in [0.717, 1.165) is 17.9 Å². The molecule has 6 nitrogen and oxygen atoms in total. The minimum Gasteiger partial charge on any atom is -0.490 e. The molecular formula is C17H21ClN2O4S. The van der Waals surface area contributed by atoms with Crippen LogP contribution in [-0.4, -0.2) is 54.8 Å². The van der Waals surface area contributed by atoms with Gasteiger partial charge in [-0.1, -0.05) is 11.6 Å². The van der Waals surface area contributed by atoms with Gasteiger partial charge in [-0.3, -0.25) is 0 Å². The molecule has 1 aromatic carbocycles. The van der Waals surface area contributed by atoms with Gasteiger partial charge in [0.15, 0.2) is 11.5 Å². The first-order valence-electron chi connectivity index (χ1n) is 7.78. The number of rotatable bonds is 8. The number of hydrogen-bond acceptors (Lipinski definition) is 6. The van der Waals surface area contributed by atoms with Crippen molar-refractivity contribution in [2.45, 2.75) is 13.8 Å². The highest BCUT2D eigenvalue weighted by molar-refractivity contribution is 7.17. The summed E-state index contributed by atoms with van der Waals surface area (Å²) >= 11 is 7.50. The number of carboxylic acid groups (broad SMARTS) is 1. The number of halogens is 1. The van der Waals surface area contributed by atoms with Crippen LogP contribution in [0.4, 0.5) is 0 Å². The van der Waals surface area contributed by atoms with E-state index in [0.29, 0.717) is 46.0 Å². The van der Waals surface area contributed by atoms with Crippen LogP contribution in [0, 0.1) is 6.92 Å². The van der Waals surface area contributed by atoms with Gasteiger partial charge in [-0.25, -0.2) is 9.78 Å². The van der Waals surface area contributed by atoms with Crippen molar-refractivity contribution in [3.05, 3.63) is 27.7 Å². The summed E-state index contributed by atoms with van der Waals surface area (Å²) < 4.78 is 11.4. The predicted octanol–water partition coefficient (Wildman–Crippen LogP) is 3.81. The number of aryl methyl sites for hydroxylation is 1. The molecule has 0 amide bonds. The first kappa shape index (κ1) is 19.5. The van der Waals surface area contributed by atoms with Gasteiger partial charge in [0, 0.05) is 12.1 Å². The molecule has 1 heterocycles. The maximum Gasteiger partial charge on any atom is 0.347 e. The van der Waals surface area contributed by atoms with Crippen molar-refractivity contribution in [3.63, 3.8) is 0 Å². The number of likely N-dealkylation sites (N-methyl/N-ethyl adjacent to an activating group) is 1. The summed E-state index contributed by atoms with van der Waals surface area (Å²) in [7, 11) is 3.92. The normalized spacial score (nSPS) is 11.0. The number of thiazole rings is 1. The summed E-state index contributed by atoms with van der Waals surface area (Å²) in [5, 5.41) is 10.2. The minimum atomic E-state index is -0.985. The van der Waals surface area contributed by atoms with E-state index in [-0.39, 0.29) is 4.88 Å². The van der Waals surface area contributed by atoms with Crippen LogP contribution in [0.25, 0.3) is 10.6 Å². The van der Waals surface area contributed by atoms with Crippen LogP contribution in [0.5, 0.6) is 11.5 Å². The lowest BCUT2D eigenvalue weighted by molar-refractivity contribution is 0.0701. The monoisotopic (exact) mass is 384 g/mol. The Balaban J connectivity index is 2.37. The molecule has 136 valence electrons. The van der Waals surface area contributed by atoms with Gasteiger partial charge in [0.1, 0.15) is 16.5 Å². The van der Waals surface area contributed by atoms with E-state index in [1.165, 1.54) is 0 Å². The lowest BCUT2D eigenvalue weighted by Gasteiger charge is -2.16. The fraction of sp³-hybridized carbons (Fsp3) is 0.412. The summed E-state index contributed by atoms with van der Waals surface area (Å²) in [6, 6.07) is 3.50. The number of aromatic nitrogens is 1. The summed E-state index contributed by atoms with van der Waals surface area (Å²) in [6.45, 7) is 5.23. The van der Waals surface area contributed by atoms with Crippen molar-refractivity contribution in [2.24, 2.45) is 0 Å². The second-order valence-corrected chi connectivity index (χ2v) is 7.02. The van der Waals surface area contributed by atoms with Crippen LogP contribution in [0.15, 0.2) is 12.1 Å². The molecule has 0 bridgehead atoms. The summed E-state index contributed by atoms with van der Waals surface area (Å²) in [5.41, 5.74) is 1.18. The van der Waals surface area contributed by atoms with Crippen LogP contribution in [-0.2, 0) is 0 Å². The van der Waals surface area contributed by atoms with Gasteiger partial charge in [-0.15, -0.1) is 11.3 Å². The lowest BCUT2D eigenvalue weighted by Crippen LogP contribution is -2.19. The average Bonchev–Trinajstić information content (AvgIpc) is 2.91. The van der Waals surface area contributed by atoms with Gasteiger partial charge in [0.2, 0.25) is 0 Å². The number of nitrogens with zero attached hydrogens (tertiary/aromatic N) is 2. The number of ether oxygens (including phenoxy) is 2. The van der Waals surface area contributed by atoms with Crippen LogP contribution in [0.1, 0.15) is 22.3 Å². The van der Waals surface area contributed by atoms with Gasteiger partial charge in [0.25, 0.3) is 0 Å². The molecule has 2 aromatic rings. The molecule has 0 saturated carbocycles. The van der Waals surface area contributed by atoms with Crippen LogP contribution in [0.3, 0.4) is 0 Å². The Hall–Kier alpha value is -1.83. The fourth-order valence-electron chi connectivity index (χ4n) is 2.14. The number of benzene rings is 1. The van der Waals surface area contributed by atoms with Gasteiger partial charge in [0.05, 0.1) is 17.3 Å². The van der Waals surface area contributed by atoms with Crippen molar-refractivity contribution in [2.75, 3.05) is 33.9 Å². The Morgan fingerprint density at radius 3 is 2.64 bits per heavy atom. The summed E-state index contributed by atoms with van der Waals surface area (Å²) in [4.78, 5) is 17.8. The van der Waals surface area contributed by atoms with Crippen molar-refractivity contribution >= 4 is 28.9 Å². The third-order valence-electron chi connectivity index (χ3n) is 3.33. The van der Waals surface area contributed by atoms with E-state index in [1.807, 2.05) is 25.9 Å². The second-order valence-electron chi connectivity index (χ2n) is 5.61. The van der Waals surface area contributed by atoms with Crippen molar-refractivity contribution in [1.29, 1.82) is 0 Å². The summed E-state index contributed by atoms with van der Waals surface area (Å²) in [5.74, 6) is 0.0235. The smallest absolute Gasteiger partial charge is 0.347 e. The quantitative estimate of drug-likeness (QED) is 0.746. The highest BCUT2D eigenvalue weighted by Gasteiger charge is 2.19. The lowest BCUT2D eigenvalue weighted by atomic mass is 10.2. The molecule has 0 radical (unpaired) electrons. The molecule has 25 heavy (non-hydrogen) atoms. The van der Waals surface area contributed by atoms with Crippen molar-refractivity contribution in [1.82, 2.24) is 9.88 Å². The molecule has 1 N–H and O–H groups in total. The Bertz CT molecular complexity index is 761. The minimum absolute atomic E-state index is 0.218. The van der Waals surface area contributed by atoms with Crippen molar-refractivity contribution in [3.8, 4) is 22.1 Å². The molecule has 0 fully saturated rings. The Labute approximate surface area is 156 Å². The highest BCUT2D eigenvalue weighted by Crippen LogP contribution is 2.41. The molecule has 0 saturated heterocycles. The average molecular weight is 385 g/mol. The molecule has 2 rings (SSSR count). The molecule has 0 aliphatic rings.